The lowest BCUT2D eigenvalue weighted by atomic mass is 9.80. The number of fused-ring (bicyclic) bond motifs is 1. The Kier molecular flexibility index (Phi) is 4.09. The number of halogens is 3. The Morgan fingerprint density at radius 2 is 1.93 bits per heavy atom. The number of ketones is 1. The van der Waals surface area contributed by atoms with E-state index in [1.54, 1.807) is 16.0 Å². The van der Waals surface area contributed by atoms with Crippen LogP contribution in [0.1, 0.15) is 40.8 Å². The summed E-state index contributed by atoms with van der Waals surface area (Å²) in [4.78, 5) is 18.5. The van der Waals surface area contributed by atoms with Gasteiger partial charge in [-0.15, -0.1) is 11.3 Å². The van der Waals surface area contributed by atoms with Crippen molar-refractivity contribution in [3.8, 4) is 0 Å². The Labute approximate surface area is 167 Å². The second-order valence-electron chi connectivity index (χ2n) is 7.11. The first-order valence-electron chi connectivity index (χ1n) is 9.05. The molecule has 0 unspecified atom stereocenters. The van der Waals surface area contributed by atoms with Gasteiger partial charge >= 0.3 is 6.18 Å². The van der Waals surface area contributed by atoms with Crippen LogP contribution in [0.4, 0.5) is 19.1 Å². The number of nitrogens with zero attached hydrogens (tertiary/aromatic N) is 3. The van der Waals surface area contributed by atoms with Crippen molar-refractivity contribution in [1.29, 1.82) is 0 Å². The number of rotatable bonds is 2. The summed E-state index contributed by atoms with van der Waals surface area (Å²) in [5.41, 5.74) is 1.17. The molecule has 2 aromatic heterocycles. The van der Waals surface area contributed by atoms with E-state index in [1.807, 2.05) is 17.5 Å². The molecule has 2 aliphatic rings. The van der Waals surface area contributed by atoms with Gasteiger partial charge in [-0.2, -0.15) is 23.3 Å². The number of carbonyl (C=O) groups is 1. The number of anilines is 1. The van der Waals surface area contributed by atoms with Crippen LogP contribution in [0, 0.1) is 0 Å². The predicted molar refractivity (Wildman–Crippen MR) is 102 cm³/mol. The molecule has 5 rings (SSSR count). The third kappa shape index (κ3) is 3.05. The normalized spacial score (nSPS) is 21.6. The molecule has 0 radical (unpaired) electrons. The Bertz CT molecular complexity index is 1100. The first kappa shape index (κ1) is 18.1. The number of aromatic nitrogens is 3. The monoisotopic (exact) mass is 416 g/mol. The fraction of sp³-hybridized carbons (Fsp3) is 0.250. The number of thiophene rings is 1. The van der Waals surface area contributed by atoms with E-state index in [9.17, 15) is 18.0 Å². The van der Waals surface area contributed by atoms with Crippen LogP contribution in [-0.2, 0) is 11.0 Å². The van der Waals surface area contributed by atoms with Crippen molar-refractivity contribution < 1.29 is 18.0 Å². The first-order chi connectivity index (χ1) is 13.9. The lowest BCUT2D eigenvalue weighted by Crippen LogP contribution is -2.33. The van der Waals surface area contributed by atoms with E-state index in [0.717, 1.165) is 22.7 Å². The zero-order valence-electron chi connectivity index (χ0n) is 15.0. The van der Waals surface area contributed by atoms with Gasteiger partial charge in [0.05, 0.1) is 5.56 Å². The van der Waals surface area contributed by atoms with Gasteiger partial charge in [-0.3, -0.25) is 4.79 Å². The highest BCUT2D eigenvalue weighted by Gasteiger charge is 2.40. The van der Waals surface area contributed by atoms with Gasteiger partial charge < -0.3 is 5.32 Å². The smallest absolute Gasteiger partial charge is 0.328 e. The van der Waals surface area contributed by atoms with Crippen molar-refractivity contribution in [3.63, 3.8) is 0 Å². The molecule has 0 saturated carbocycles. The van der Waals surface area contributed by atoms with Gasteiger partial charge in [0.15, 0.2) is 5.78 Å². The van der Waals surface area contributed by atoms with Crippen LogP contribution in [0.3, 0.4) is 0 Å². The highest BCUT2D eigenvalue weighted by atomic mass is 32.1. The summed E-state index contributed by atoms with van der Waals surface area (Å²) in [7, 11) is 0. The molecule has 0 bridgehead atoms. The molecule has 9 heteroatoms. The van der Waals surface area contributed by atoms with Gasteiger partial charge in [0.25, 0.3) is 0 Å². The summed E-state index contributed by atoms with van der Waals surface area (Å²) >= 11 is 1.62. The van der Waals surface area contributed by atoms with Gasteiger partial charge in [-0.1, -0.05) is 18.2 Å². The predicted octanol–water partition coefficient (Wildman–Crippen LogP) is 4.77. The molecule has 1 aliphatic heterocycles. The molecule has 2 atom stereocenters. The molecule has 0 saturated heterocycles. The van der Waals surface area contributed by atoms with Crippen molar-refractivity contribution >= 4 is 23.1 Å². The molecule has 0 fully saturated rings. The van der Waals surface area contributed by atoms with E-state index >= 15 is 0 Å². The zero-order chi connectivity index (χ0) is 20.2. The Morgan fingerprint density at radius 1 is 1.14 bits per heavy atom. The molecular weight excluding hydrogens is 401 g/mol. The maximum Gasteiger partial charge on any atom is 0.416 e. The molecule has 29 heavy (non-hydrogen) atoms. The van der Waals surface area contributed by atoms with E-state index in [2.05, 4.69) is 15.4 Å². The Balaban J connectivity index is 1.58. The van der Waals surface area contributed by atoms with Gasteiger partial charge in [0.1, 0.15) is 12.4 Å². The maximum atomic E-state index is 13.1. The fourth-order valence-electron chi connectivity index (χ4n) is 4.04. The van der Waals surface area contributed by atoms with Crippen LogP contribution in [0.2, 0.25) is 0 Å². The van der Waals surface area contributed by atoms with E-state index in [-0.39, 0.29) is 11.7 Å². The molecule has 1 aliphatic carbocycles. The van der Waals surface area contributed by atoms with Crippen molar-refractivity contribution in [2.75, 3.05) is 5.32 Å². The van der Waals surface area contributed by atoms with Gasteiger partial charge in [-0.25, -0.2) is 4.68 Å². The van der Waals surface area contributed by atoms with E-state index in [4.69, 9.17) is 0 Å². The van der Waals surface area contributed by atoms with Gasteiger partial charge in [0, 0.05) is 28.5 Å². The number of hydrogen-bond donors (Lipinski definition) is 1. The second kappa shape index (κ2) is 6.55. The number of nitrogens with one attached hydrogen (secondary N) is 1. The number of hydrogen-bond acceptors (Lipinski definition) is 5. The number of allylic oxidation sites excluding steroid dienone is 2. The molecule has 5 nitrogen and oxygen atoms in total. The molecule has 1 aromatic carbocycles. The molecule has 148 valence electrons. The lowest BCUT2D eigenvalue weighted by Gasteiger charge is -2.34. The maximum absolute atomic E-state index is 13.1. The van der Waals surface area contributed by atoms with E-state index < -0.39 is 17.8 Å². The first-order valence-corrected chi connectivity index (χ1v) is 9.93. The summed E-state index contributed by atoms with van der Waals surface area (Å²) in [5.74, 6) is 0.535. The minimum Gasteiger partial charge on any atom is -0.328 e. The lowest BCUT2D eigenvalue weighted by molar-refractivity contribution is -0.137. The van der Waals surface area contributed by atoms with Crippen LogP contribution in [0.25, 0.3) is 0 Å². The molecular formula is C20H15F3N4OS. The van der Waals surface area contributed by atoms with Crippen LogP contribution in [0.15, 0.2) is 59.4 Å². The highest BCUT2D eigenvalue weighted by Crippen LogP contribution is 2.44. The number of benzene rings is 1. The average molecular weight is 416 g/mol. The van der Waals surface area contributed by atoms with Gasteiger partial charge in [-0.05, 0) is 35.6 Å². The Morgan fingerprint density at radius 3 is 2.62 bits per heavy atom. The standard InChI is InChI=1S/C20H15F3N4OS/c21-20(22,23)13-5-3-11(4-6-13)18-17-14(26-19-24-10-25-27(18)19)8-12(9-15(17)28)16-2-1-7-29-16/h1-7,10,12,18H,8-9H2,(H,24,25,26)/t12-,18-/m1/s1. The van der Waals surface area contributed by atoms with E-state index in [1.165, 1.54) is 18.5 Å². The minimum absolute atomic E-state index is 0.0248. The number of alkyl halides is 3. The molecule has 0 spiro atoms. The van der Waals surface area contributed by atoms with Crippen molar-refractivity contribution in [2.45, 2.75) is 31.0 Å². The van der Waals surface area contributed by atoms with Crippen LogP contribution >= 0.6 is 11.3 Å². The van der Waals surface area contributed by atoms with Crippen molar-refractivity contribution in [1.82, 2.24) is 14.8 Å². The molecule has 3 heterocycles. The summed E-state index contributed by atoms with van der Waals surface area (Å²) in [5, 5.41) is 9.41. The topological polar surface area (TPSA) is 59.8 Å². The summed E-state index contributed by atoms with van der Waals surface area (Å²) in [6.45, 7) is 0. The Hall–Kier alpha value is -2.94. The van der Waals surface area contributed by atoms with Crippen LogP contribution in [-0.4, -0.2) is 20.5 Å². The van der Waals surface area contributed by atoms with E-state index in [0.29, 0.717) is 29.9 Å². The third-order valence-electron chi connectivity index (χ3n) is 5.36. The molecule has 1 N–H and O–H groups in total. The van der Waals surface area contributed by atoms with Crippen molar-refractivity contribution in [2.24, 2.45) is 0 Å². The SMILES string of the molecule is O=C1C[C@H](c2cccs2)CC2=C1[C@@H](c1ccc(C(F)(F)F)cc1)n1ncnc1N2. The zero-order valence-corrected chi connectivity index (χ0v) is 15.8. The summed E-state index contributed by atoms with van der Waals surface area (Å²) in [6.07, 6.45) is -2.03. The second-order valence-corrected chi connectivity index (χ2v) is 8.09. The van der Waals surface area contributed by atoms with Crippen molar-refractivity contribution in [3.05, 3.63) is 75.4 Å². The largest absolute Gasteiger partial charge is 0.416 e. The van der Waals surface area contributed by atoms with Crippen LogP contribution < -0.4 is 5.32 Å². The fourth-order valence-corrected chi connectivity index (χ4v) is 4.87. The van der Waals surface area contributed by atoms with Gasteiger partial charge in [0.2, 0.25) is 5.95 Å². The summed E-state index contributed by atoms with van der Waals surface area (Å²) in [6, 6.07) is 8.28. The average Bonchev–Trinajstić information content (AvgIpc) is 3.37. The molecule has 3 aromatic rings. The quantitative estimate of drug-likeness (QED) is 0.654. The minimum atomic E-state index is -4.41. The number of carbonyl (C=O) groups excluding carboxylic acids is 1. The number of Topliss-reactive ketones (excluding diaryl/α,β-unsaturated/α-hetero) is 1. The third-order valence-corrected chi connectivity index (χ3v) is 6.40. The van der Waals surface area contributed by atoms with Crippen LogP contribution in [0.5, 0.6) is 0 Å². The summed E-state index contributed by atoms with van der Waals surface area (Å²) < 4.78 is 40.4. The highest BCUT2D eigenvalue weighted by molar-refractivity contribution is 7.10. The molecule has 0 amide bonds.